The molecular formula is C39H24N2S. The van der Waals surface area contributed by atoms with Crippen molar-refractivity contribution < 1.29 is 0 Å². The first kappa shape index (κ1) is 23.5. The van der Waals surface area contributed by atoms with E-state index in [0.29, 0.717) is 0 Å². The summed E-state index contributed by atoms with van der Waals surface area (Å²) in [7, 11) is 0. The Morgan fingerprint density at radius 1 is 0.476 bits per heavy atom. The third-order valence-electron chi connectivity index (χ3n) is 8.48. The molecule has 0 aliphatic rings. The quantitative estimate of drug-likeness (QED) is 0.199. The van der Waals surface area contributed by atoms with Crippen LogP contribution in [0.3, 0.4) is 0 Å². The zero-order chi connectivity index (χ0) is 27.6. The molecule has 3 heterocycles. The fourth-order valence-electron chi connectivity index (χ4n) is 6.55. The predicted molar refractivity (Wildman–Crippen MR) is 179 cm³/mol. The Hall–Kier alpha value is -5.25. The average Bonchev–Trinajstić information content (AvgIpc) is 3.71. The Balaban J connectivity index is 1.22. The molecule has 2 nitrogen and oxygen atoms in total. The minimum atomic E-state index is 0.997. The second kappa shape index (κ2) is 9.13. The molecular weight excluding hydrogens is 529 g/mol. The maximum Gasteiger partial charge on any atom is 0.145 e. The van der Waals surface area contributed by atoms with Crippen LogP contribution < -0.4 is 0 Å². The van der Waals surface area contributed by atoms with Gasteiger partial charge in [-0.2, -0.15) is 0 Å². The highest BCUT2D eigenvalue weighted by Crippen LogP contribution is 2.42. The van der Waals surface area contributed by atoms with E-state index < -0.39 is 0 Å². The van der Waals surface area contributed by atoms with Gasteiger partial charge in [-0.05, 0) is 63.0 Å². The van der Waals surface area contributed by atoms with Crippen molar-refractivity contribution in [3.05, 3.63) is 146 Å². The molecule has 0 bridgehead atoms. The molecule has 0 spiro atoms. The molecule has 0 aliphatic carbocycles. The molecule has 0 aliphatic heterocycles. The molecule has 9 rings (SSSR count). The van der Waals surface area contributed by atoms with Gasteiger partial charge in [0.15, 0.2) is 0 Å². The van der Waals surface area contributed by atoms with Crippen LogP contribution in [0.4, 0.5) is 0 Å². The van der Waals surface area contributed by atoms with Crippen molar-refractivity contribution in [2.75, 3.05) is 0 Å². The first-order valence-corrected chi connectivity index (χ1v) is 15.0. The number of rotatable bonds is 3. The number of pyridine rings is 1. The van der Waals surface area contributed by atoms with Gasteiger partial charge in [0.25, 0.3) is 0 Å². The van der Waals surface area contributed by atoms with E-state index in [-0.39, 0.29) is 0 Å². The van der Waals surface area contributed by atoms with E-state index in [9.17, 15) is 0 Å². The largest absolute Gasteiger partial charge is 0.299 e. The number of aromatic nitrogens is 2. The van der Waals surface area contributed by atoms with E-state index >= 15 is 0 Å². The van der Waals surface area contributed by atoms with Gasteiger partial charge in [0, 0.05) is 43.3 Å². The summed E-state index contributed by atoms with van der Waals surface area (Å²) in [6.07, 6.45) is 3.94. The first-order chi connectivity index (χ1) is 20.8. The van der Waals surface area contributed by atoms with Gasteiger partial charge in [0.1, 0.15) is 5.65 Å². The fraction of sp³-hybridized carbons (Fsp3) is 0. The number of imidazole rings is 1. The van der Waals surface area contributed by atoms with Crippen LogP contribution in [0, 0.1) is 0 Å². The molecule has 0 unspecified atom stereocenters. The molecule has 0 amide bonds. The van der Waals surface area contributed by atoms with Gasteiger partial charge in [-0.1, -0.05) is 109 Å². The standard InChI is InChI=1S/C39H24N2S/c1-2-12-29(27-19-20-36-35(24-27)31-13-3-4-15-34(31)39-40-21-22-41(36)39)28(11-1)25-9-7-10-26(23-25)30-16-8-17-33-32-14-5-6-18-37(32)42-38(30)33/h1-24H. The number of hydrogen-bond acceptors (Lipinski definition) is 2. The Morgan fingerprint density at radius 2 is 1.12 bits per heavy atom. The second-order valence-electron chi connectivity index (χ2n) is 10.8. The molecule has 0 saturated heterocycles. The van der Waals surface area contributed by atoms with E-state index in [1.54, 1.807) is 0 Å². The van der Waals surface area contributed by atoms with E-state index in [0.717, 1.165) is 5.65 Å². The summed E-state index contributed by atoms with van der Waals surface area (Å²) in [5.41, 5.74) is 9.58. The van der Waals surface area contributed by atoms with Crippen LogP contribution in [0.2, 0.25) is 0 Å². The third kappa shape index (κ3) is 3.47. The lowest BCUT2D eigenvalue weighted by Gasteiger charge is -2.14. The van der Waals surface area contributed by atoms with Crippen molar-refractivity contribution >= 4 is 58.8 Å². The van der Waals surface area contributed by atoms with Gasteiger partial charge in [-0.3, -0.25) is 4.40 Å². The molecule has 6 aromatic carbocycles. The molecule has 0 saturated carbocycles. The monoisotopic (exact) mass is 552 g/mol. The van der Waals surface area contributed by atoms with Gasteiger partial charge in [-0.25, -0.2) is 4.98 Å². The van der Waals surface area contributed by atoms with Crippen molar-refractivity contribution in [3.8, 4) is 33.4 Å². The highest BCUT2D eigenvalue weighted by molar-refractivity contribution is 7.26. The van der Waals surface area contributed by atoms with Gasteiger partial charge >= 0.3 is 0 Å². The van der Waals surface area contributed by atoms with Crippen molar-refractivity contribution in [2.45, 2.75) is 0 Å². The number of fused-ring (bicyclic) bond motifs is 9. The Bertz CT molecular complexity index is 2480. The molecule has 42 heavy (non-hydrogen) atoms. The van der Waals surface area contributed by atoms with Crippen LogP contribution in [-0.2, 0) is 0 Å². The normalized spacial score (nSPS) is 11.8. The molecule has 0 fully saturated rings. The van der Waals surface area contributed by atoms with Gasteiger partial charge in [0.2, 0.25) is 0 Å². The Morgan fingerprint density at radius 3 is 1.98 bits per heavy atom. The molecule has 3 heteroatoms. The summed E-state index contributed by atoms with van der Waals surface area (Å²) in [5.74, 6) is 0. The summed E-state index contributed by atoms with van der Waals surface area (Å²) >= 11 is 1.88. The SMILES string of the molecule is c1cc(-c2ccccc2-c2ccc3c(c2)c2ccccc2c2nccn32)cc(-c2cccc3c2sc2ccccc23)c1. The lowest BCUT2D eigenvalue weighted by molar-refractivity contribution is 1.27. The molecule has 0 radical (unpaired) electrons. The van der Waals surface area contributed by atoms with Crippen molar-refractivity contribution in [2.24, 2.45) is 0 Å². The number of thiophene rings is 1. The second-order valence-corrected chi connectivity index (χ2v) is 11.9. The average molecular weight is 553 g/mol. The summed E-state index contributed by atoms with van der Waals surface area (Å²) in [6, 6.07) is 48.6. The Kier molecular flexibility index (Phi) is 5.10. The molecule has 0 atom stereocenters. The molecule has 196 valence electrons. The minimum Gasteiger partial charge on any atom is -0.299 e. The van der Waals surface area contributed by atoms with E-state index in [1.165, 1.54) is 75.2 Å². The van der Waals surface area contributed by atoms with Gasteiger partial charge in [0.05, 0.1) is 5.52 Å². The highest BCUT2D eigenvalue weighted by Gasteiger charge is 2.14. The van der Waals surface area contributed by atoms with Crippen molar-refractivity contribution in [1.82, 2.24) is 9.38 Å². The van der Waals surface area contributed by atoms with Crippen LogP contribution in [0.25, 0.3) is 80.9 Å². The van der Waals surface area contributed by atoms with E-state index in [4.69, 9.17) is 0 Å². The molecule has 9 aromatic rings. The van der Waals surface area contributed by atoms with Gasteiger partial charge in [-0.15, -0.1) is 11.3 Å². The van der Waals surface area contributed by atoms with Gasteiger partial charge < -0.3 is 0 Å². The minimum absolute atomic E-state index is 0.997. The smallest absolute Gasteiger partial charge is 0.145 e. The summed E-state index contributed by atoms with van der Waals surface area (Å²) in [6.45, 7) is 0. The first-order valence-electron chi connectivity index (χ1n) is 14.2. The third-order valence-corrected chi connectivity index (χ3v) is 9.70. The maximum atomic E-state index is 4.66. The lowest BCUT2D eigenvalue weighted by Crippen LogP contribution is -1.92. The maximum absolute atomic E-state index is 4.66. The van der Waals surface area contributed by atoms with Crippen LogP contribution >= 0.6 is 11.3 Å². The van der Waals surface area contributed by atoms with Crippen molar-refractivity contribution in [1.29, 1.82) is 0 Å². The zero-order valence-corrected chi connectivity index (χ0v) is 23.5. The van der Waals surface area contributed by atoms with E-state index in [2.05, 4.69) is 149 Å². The topological polar surface area (TPSA) is 17.3 Å². The molecule has 0 N–H and O–H groups in total. The van der Waals surface area contributed by atoms with Crippen molar-refractivity contribution in [3.63, 3.8) is 0 Å². The fourth-order valence-corrected chi connectivity index (χ4v) is 7.79. The van der Waals surface area contributed by atoms with Crippen LogP contribution in [-0.4, -0.2) is 9.38 Å². The molecule has 3 aromatic heterocycles. The van der Waals surface area contributed by atoms with Crippen LogP contribution in [0.1, 0.15) is 0 Å². The van der Waals surface area contributed by atoms with E-state index in [1.807, 2.05) is 17.5 Å². The highest BCUT2D eigenvalue weighted by atomic mass is 32.1. The number of nitrogens with zero attached hydrogens (tertiary/aromatic N) is 2. The van der Waals surface area contributed by atoms with Crippen LogP contribution in [0.5, 0.6) is 0 Å². The summed E-state index contributed by atoms with van der Waals surface area (Å²) in [5, 5.41) is 6.29. The Labute approximate surface area is 246 Å². The zero-order valence-electron chi connectivity index (χ0n) is 22.7. The summed E-state index contributed by atoms with van der Waals surface area (Å²) < 4.78 is 4.88. The lowest BCUT2D eigenvalue weighted by atomic mass is 9.91. The number of benzene rings is 6. The number of hydrogen-bond donors (Lipinski definition) is 0. The van der Waals surface area contributed by atoms with Crippen LogP contribution in [0.15, 0.2) is 146 Å². The summed E-state index contributed by atoms with van der Waals surface area (Å²) in [4.78, 5) is 4.66. The predicted octanol–water partition coefficient (Wildman–Crippen LogP) is 11.0.